The number of nitrogens with zero attached hydrogens (tertiary/aromatic N) is 2. The summed E-state index contributed by atoms with van der Waals surface area (Å²) in [7, 11) is 0. The molecule has 1 N–H and O–H groups in total. The minimum atomic E-state index is 0.107. The van der Waals surface area contributed by atoms with Crippen molar-refractivity contribution in [2.45, 2.75) is 5.75 Å². The molecule has 0 aliphatic carbocycles. The van der Waals surface area contributed by atoms with Gasteiger partial charge in [-0.05, 0) is 48.2 Å². The topological polar surface area (TPSA) is 43.8 Å². The first-order valence-electron chi connectivity index (χ1n) is 8.08. The van der Waals surface area contributed by atoms with E-state index in [1.54, 1.807) is 23.9 Å². The molecule has 1 aliphatic heterocycles. The monoisotopic (exact) mass is 342 g/mol. The molecule has 24 heavy (non-hydrogen) atoms. The van der Waals surface area contributed by atoms with Gasteiger partial charge in [0.25, 0.3) is 5.91 Å². The molecule has 0 bridgehead atoms. The van der Waals surface area contributed by atoms with Crippen LogP contribution in [0.2, 0.25) is 0 Å². The predicted octanol–water partition coefficient (Wildman–Crippen LogP) is 3.22. The molecule has 4 nitrogen and oxygen atoms in total. The van der Waals surface area contributed by atoms with E-state index < -0.39 is 0 Å². The van der Waals surface area contributed by atoms with Crippen molar-refractivity contribution in [2.75, 3.05) is 37.3 Å². The maximum absolute atomic E-state index is 12.6. The summed E-state index contributed by atoms with van der Waals surface area (Å²) < 4.78 is 0. The van der Waals surface area contributed by atoms with Crippen LogP contribution in [-0.2, 0) is 5.75 Å². The summed E-state index contributed by atoms with van der Waals surface area (Å²) in [4.78, 5) is 16.8. The first-order valence-corrected chi connectivity index (χ1v) is 9.48. The Morgan fingerprint density at radius 3 is 2.21 bits per heavy atom. The fourth-order valence-electron chi connectivity index (χ4n) is 2.92. The van der Waals surface area contributed by atoms with Gasteiger partial charge in [0.05, 0.1) is 0 Å². The van der Waals surface area contributed by atoms with Crippen molar-refractivity contribution in [2.24, 2.45) is 0 Å². The third-order valence-corrected chi connectivity index (χ3v) is 4.92. The lowest BCUT2D eigenvalue weighted by atomic mass is 10.1. The van der Waals surface area contributed by atoms with Crippen LogP contribution in [0.1, 0.15) is 15.9 Å². The van der Waals surface area contributed by atoms with Crippen LogP contribution in [0.4, 0.5) is 5.69 Å². The van der Waals surface area contributed by atoms with Gasteiger partial charge in [0.2, 0.25) is 0 Å². The average Bonchev–Trinajstić information content (AvgIpc) is 2.63. The zero-order valence-corrected chi connectivity index (χ0v) is 14.6. The number of piperazine rings is 1. The summed E-state index contributed by atoms with van der Waals surface area (Å²) in [5, 5.41) is 9.38. The Hall–Kier alpha value is -2.14. The molecule has 0 aromatic heterocycles. The zero-order chi connectivity index (χ0) is 16.9. The maximum Gasteiger partial charge on any atom is 0.253 e. The molecule has 2 aromatic rings. The third kappa shape index (κ3) is 3.85. The lowest BCUT2D eigenvalue weighted by Crippen LogP contribution is -2.48. The third-order valence-electron chi connectivity index (χ3n) is 4.29. The van der Waals surface area contributed by atoms with Crippen molar-refractivity contribution >= 4 is 23.4 Å². The molecule has 0 saturated carbocycles. The molecule has 0 atom stereocenters. The van der Waals surface area contributed by atoms with Crippen molar-refractivity contribution in [1.82, 2.24) is 4.90 Å². The number of phenols is 1. The number of aromatic hydroxyl groups is 1. The number of amides is 1. The Morgan fingerprint density at radius 2 is 1.62 bits per heavy atom. The van der Waals surface area contributed by atoms with E-state index >= 15 is 0 Å². The molecule has 1 heterocycles. The summed E-state index contributed by atoms with van der Waals surface area (Å²) >= 11 is 1.78. The fraction of sp³-hybridized carbons (Fsp3) is 0.316. The molecule has 1 fully saturated rings. The van der Waals surface area contributed by atoms with E-state index in [1.165, 1.54) is 5.56 Å². The van der Waals surface area contributed by atoms with Crippen LogP contribution in [0.5, 0.6) is 5.75 Å². The van der Waals surface area contributed by atoms with E-state index in [0.29, 0.717) is 13.1 Å². The van der Waals surface area contributed by atoms with Gasteiger partial charge in [0, 0.05) is 43.2 Å². The van der Waals surface area contributed by atoms with Crippen LogP contribution in [-0.4, -0.2) is 48.3 Å². The summed E-state index contributed by atoms with van der Waals surface area (Å²) in [6.07, 6.45) is 2.08. The van der Waals surface area contributed by atoms with Crippen molar-refractivity contribution in [1.29, 1.82) is 0 Å². The molecule has 3 rings (SSSR count). The van der Waals surface area contributed by atoms with E-state index in [9.17, 15) is 9.90 Å². The summed E-state index contributed by atoms with van der Waals surface area (Å²) in [5.41, 5.74) is 3.09. The van der Waals surface area contributed by atoms with Gasteiger partial charge in [-0.1, -0.05) is 12.1 Å². The normalized spacial score (nSPS) is 14.7. The van der Waals surface area contributed by atoms with Crippen molar-refractivity contribution in [3.05, 3.63) is 59.7 Å². The van der Waals surface area contributed by atoms with Gasteiger partial charge < -0.3 is 14.9 Å². The van der Waals surface area contributed by atoms with Gasteiger partial charge in [-0.25, -0.2) is 0 Å². The number of carbonyl (C=O) groups excluding carboxylic acids is 1. The molecule has 0 radical (unpaired) electrons. The highest BCUT2D eigenvalue weighted by molar-refractivity contribution is 7.97. The van der Waals surface area contributed by atoms with E-state index in [2.05, 4.69) is 11.2 Å². The number of phenolic OH excluding ortho intramolecular Hbond substituents is 1. The quantitative estimate of drug-likeness (QED) is 0.926. The smallest absolute Gasteiger partial charge is 0.253 e. The number of anilines is 1. The zero-order valence-electron chi connectivity index (χ0n) is 13.8. The summed E-state index contributed by atoms with van der Waals surface area (Å²) in [6, 6.07) is 15.2. The minimum Gasteiger partial charge on any atom is -0.508 e. The lowest BCUT2D eigenvalue weighted by molar-refractivity contribution is 0.0747. The number of carbonyl (C=O) groups is 1. The van der Waals surface area contributed by atoms with E-state index in [0.717, 1.165) is 30.1 Å². The van der Waals surface area contributed by atoms with E-state index in [1.807, 2.05) is 41.3 Å². The molecule has 126 valence electrons. The van der Waals surface area contributed by atoms with Crippen LogP contribution >= 0.6 is 11.8 Å². The fourth-order valence-corrected chi connectivity index (χ4v) is 3.45. The average molecular weight is 342 g/mol. The Balaban J connectivity index is 1.59. The van der Waals surface area contributed by atoms with Crippen LogP contribution in [0.3, 0.4) is 0 Å². The van der Waals surface area contributed by atoms with Gasteiger partial charge in [-0.2, -0.15) is 11.8 Å². The standard InChI is InChI=1S/C19H22N2O2S/c1-24-14-15-2-4-16(5-3-15)19(23)21-12-10-20(11-13-21)17-6-8-18(22)9-7-17/h2-9,22H,10-14H2,1H3. The Labute approximate surface area is 147 Å². The molecule has 1 saturated heterocycles. The van der Waals surface area contributed by atoms with E-state index in [-0.39, 0.29) is 11.7 Å². The molecule has 0 spiro atoms. The van der Waals surface area contributed by atoms with Crippen molar-refractivity contribution < 1.29 is 9.90 Å². The second-order valence-electron chi connectivity index (χ2n) is 5.93. The highest BCUT2D eigenvalue weighted by Gasteiger charge is 2.22. The van der Waals surface area contributed by atoms with Crippen LogP contribution < -0.4 is 4.90 Å². The Morgan fingerprint density at radius 1 is 1.00 bits per heavy atom. The number of benzene rings is 2. The van der Waals surface area contributed by atoms with Gasteiger partial charge in [0.15, 0.2) is 0 Å². The van der Waals surface area contributed by atoms with Crippen LogP contribution in [0.15, 0.2) is 48.5 Å². The van der Waals surface area contributed by atoms with Gasteiger partial charge in [-0.3, -0.25) is 4.79 Å². The van der Waals surface area contributed by atoms with E-state index in [4.69, 9.17) is 0 Å². The number of hydrogen-bond donors (Lipinski definition) is 1. The second kappa shape index (κ2) is 7.62. The predicted molar refractivity (Wildman–Crippen MR) is 99.9 cm³/mol. The van der Waals surface area contributed by atoms with Crippen molar-refractivity contribution in [3.63, 3.8) is 0 Å². The number of thioether (sulfide) groups is 1. The summed E-state index contributed by atoms with van der Waals surface area (Å²) in [5.74, 6) is 1.35. The number of rotatable bonds is 4. The molecular weight excluding hydrogens is 320 g/mol. The van der Waals surface area contributed by atoms with Crippen molar-refractivity contribution in [3.8, 4) is 5.75 Å². The van der Waals surface area contributed by atoms with Gasteiger partial charge >= 0.3 is 0 Å². The molecular formula is C19H22N2O2S. The van der Waals surface area contributed by atoms with Crippen LogP contribution in [0, 0.1) is 0 Å². The van der Waals surface area contributed by atoms with Gasteiger partial charge in [-0.15, -0.1) is 0 Å². The highest BCUT2D eigenvalue weighted by Crippen LogP contribution is 2.20. The SMILES string of the molecule is CSCc1ccc(C(=O)N2CCN(c3ccc(O)cc3)CC2)cc1. The number of hydrogen-bond acceptors (Lipinski definition) is 4. The molecule has 0 unspecified atom stereocenters. The molecule has 2 aromatic carbocycles. The van der Waals surface area contributed by atoms with Crippen LogP contribution in [0.25, 0.3) is 0 Å². The first-order chi connectivity index (χ1) is 11.7. The minimum absolute atomic E-state index is 0.107. The molecule has 5 heteroatoms. The first kappa shape index (κ1) is 16.7. The Kier molecular flexibility index (Phi) is 5.30. The largest absolute Gasteiger partial charge is 0.508 e. The van der Waals surface area contributed by atoms with Gasteiger partial charge in [0.1, 0.15) is 5.75 Å². The molecule has 1 aliphatic rings. The highest BCUT2D eigenvalue weighted by atomic mass is 32.2. The Bertz CT molecular complexity index is 678. The lowest BCUT2D eigenvalue weighted by Gasteiger charge is -2.36. The summed E-state index contributed by atoms with van der Waals surface area (Å²) in [6.45, 7) is 3.04. The molecule has 1 amide bonds. The maximum atomic E-state index is 12.6. The second-order valence-corrected chi connectivity index (χ2v) is 6.79.